The number of hydrogen-bond donors (Lipinski definition) is 1. The third-order valence-electron chi connectivity index (χ3n) is 2.29. The lowest BCUT2D eigenvalue weighted by Gasteiger charge is -2.04. The number of aliphatic imine (C=N–C) groups is 1. The van der Waals surface area contributed by atoms with Crippen molar-refractivity contribution in [1.29, 1.82) is 0 Å². The molecule has 2 rings (SSSR count). The van der Waals surface area contributed by atoms with Gasteiger partial charge >= 0.3 is 0 Å². The van der Waals surface area contributed by atoms with Crippen LogP contribution in [0.5, 0.6) is 0 Å². The predicted octanol–water partition coefficient (Wildman–Crippen LogP) is 2.50. The average Bonchev–Trinajstić information content (AvgIpc) is 2.29. The summed E-state index contributed by atoms with van der Waals surface area (Å²) in [5, 5.41) is 1.41. The molecule has 0 aliphatic rings. The van der Waals surface area contributed by atoms with E-state index in [1.165, 1.54) is 0 Å². The molecule has 1 heterocycles. The first-order valence-corrected chi connectivity index (χ1v) is 4.52. The first-order chi connectivity index (χ1) is 7.27. The van der Waals surface area contributed by atoms with E-state index in [-0.39, 0.29) is 5.56 Å². The van der Waals surface area contributed by atoms with Gasteiger partial charge in [0.25, 0.3) is 5.56 Å². The summed E-state index contributed by atoms with van der Waals surface area (Å²) in [5.74, 6) is 0. The predicted molar refractivity (Wildman–Crippen MR) is 63.9 cm³/mol. The molecular formula is C12H10N2O. The smallest absolute Gasteiger partial charge is 0.256 e. The largest absolute Gasteiger partial charge is 0.320 e. The van der Waals surface area contributed by atoms with Gasteiger partial charge in [0, 0.05) is 10.8 Å². The number of hydrogen-bond acceptors (Lipinski definition) is 2. The van der Waals surface area contributed by atoms with Crippen molar-refractivity contribution in [3.63, 3.8) is 0 Å². The Labute approximate surface area is 86.8 Å². The van der Waals surface area contributed by atoms with Gasteiger partial charge in [0.1, 0.15) is 0 Å². The van der Waals surface area contributed by atoms with Gasteiger partial charge in [-0.25, -0.2) is 0 Å². The molecule has 0 unspecified atom stereocenters. The summed E-state index contributed by atoms with van der Waals surface area (Å²) in [6.45, 7) is 7.13. The molecule has 2 aromatic rings. The first-order valence-electron chi connectivity index (χ1n) is 4.52. The molecule has 1 aromatic carbocycles. The minimum Gasteiger partial charge on any atom is -0.320 e. The molecule has 0 aliphatic carbocycles. The van der Waals surface area contributed by atoms with Gasteiger partial charge in [0.15, 0.2) is 0 Å². The maximum absolute atomic E-state index is 11.7. The molecule has 0 bridgehead atoms. The zero-order chi connectivity index (χ0) is 10.8. The molecule has 3 nitrogen and oxygen atoms in total. The fourth-order valence-corrected chi connectivity index (χ4v) is 1.60. The summed E-state index contributed by atoms with van der Waals surface area (Å²) in [6, 6.07) is 7.29. The summed E-state index contributed by atoms with van der Waals surface area (Å²) in [7, 11) is 0. The second kappa shape index (κ2) is 3.53. The minimum absolute atomic E-state index is 0.132. The Morgan fingerprint density at radius 2 is 1.93 bits per heavy atom. The number of rotatable bonds is 2. The van der Waals surface area contributed by atoms with Gasteiger partial charge in [0.05, 0.1) is 11.4 Å². The minimum atomic E-state index is -0.132. The van der Waals surface area contributed by atoms with E-state index in [4.69, 9.17) is 0 Å². The normalized spacial score (nSPS) is 10.1. The molecule has 0 saturated carbocycles. The van der Waals surface area contributed by atoms with Crippen molar-refractivity contribution in [3.8, 4) is 0 Å². The molecule has 15 heavy (non-hydrogen) atoms. The quantitative estimate of drug-likeness (QED) is 0.740. The van der Waals surface area contributed by atoms with Crippen molar-refractivity contribution in [2.75, 3.05) is 0 Å². The Kier molecular flexibility index (Phi) is 2.21. The van der Waals surface area contributed by atoms with Gasteiger partial charge < -0.3 is 4.98 Å². The Hall–Kier alpha value is -2.16. The monoisotopic (exact) mass is 198 g/mol. The highest BCUT2D eigenvalue weighted by molar-refractivity contribution is 5.95. The lowest BCUT2D eigenvalue weighted by molar-refractivity contribution is 1.24. The summed E-state index contributed by atoms with van der Waals surface area (Å²) < 4.78 is 0. The maximum atomic E-state index is 11.7. The zero-order valence-electron chi connectivity index (χ0n) is 8.16. The highest BCUT2D eigenvalue weighted by Crippen LogP contribution is 2.26. The van der Waals surface area contributed by atoms with E-state index in [0.29, 0.717) is 16.8 Å². The summed E-state index contributed by atoms with van der Waals surface area (Å²) in [4.78, 5) is 18.3. The molecule has 0 radical (unpaired) electrons. The molecule has 0 saturated heterocycles. The standard InChI is InChI=1S/C12H10N2O/c1-3-10-11(13-2)8-6-4-5-7-9(8)12(15)14-10/h3-7H,1-2H2,(H,14,15). The van der Waals surface area contributed by atoms with Crippen LogP contribution in [0.4, 0.5) is 5.69 Å². The van der Waals surface area contributed by atoms with Crippen LogP contribution in [0.1, 0.15) is 5.69 Å². The van der Waals surface area contributed by atoms with Crippen LogP contribution in [0.25, 0.3) is 16.8 Å². The molecule has 1 N–H and O–H groups in total. The zero-order valence-corrected chi connectivity index (χ0v) is 8.16. The van der Waals surface area contributed by atoms with Crippen molar-refractivity contribution >= 4 is 29.3 Å². The molecule has 74 valence electrons. The number of benzene rings is 1. The van der Waals surface area contributed by atoms with Gasteiger partial charge in [-0.3, -0.25) is 9.79 Å². The topological polar surface area (TPSA) is 45.2 Å². The third-order valence-corrected chi connectivity index (χ3v) is 2.29. The Bertz CT molecular complexity index is 596. The van der Waals surface area contributed by atoms with Crippen LogP contribution in [0.3, 0.4) is 0 Å². The highest BCUT2D eigenvalue weighted by Gasteiger charge is 2.06. The molecule has 0 atom stereocenters. The van der Waals surface area contributed by atoms with E-state index in [1.54, 1.807) is 12.1 Å². The number of nitrogens with zero attached hydrogens (tertiary/aromatic N) is 1. The number of aromatic amines is 1. The van der Waals surface area contributed by atoms with Crippen LogP contribution in [0.2, 0.25) is 0 Å². The Morgan fingerprint density at radius 1 is 1.27 bits per heavy atom. The van der Waals surface area contributed by atoms with Crippen LogP contribution < -0.4 is 5.56 Å². The van der Waals surface area contributed by atoms with Crippen molar-refractivity contribution < 1.29 is 0 Å². The fourth-order valence-electron chi connectivity index (χ4n) is 1.60. The number of fused-ring (bicyclic) bond motifs is 1. The van der Waals surface area contributed by atoms with Crippen LogP contribution in [-0.4, -0.2) is 11.7 Å². The van der Waals surface area contributed by atoms with Crippen LogP contribution in [0, 0.1) is 0 Å². The van der Waals surface area contributed by atoms with Gasteiger partial charge in [-0.1, -0.05) is 24.8 Å². The van der Waals surface area contributed by atoms with Gasteiger partial charge in [-0.15, -0.1) is 0 Å². The van der Waals surface area contributed by atoms with E-state index in [0.717, 1.165) is 5.39 Å². The van der Waals surface area contributed by atoms with Crippen molar-refractivity contribution in [3.05, 3.63) is 46.9 Å². The van der Waals surface area contributed by atoms with Crippen LogP contribution >= 0.6 is 0 Å². The third kappa shape index (κ3) is 1.38. The Morgan fingerprint density at radius 3 is 2.53 bits per heavy atom. The summed E-state index contributed by atoms with van der Waals surface area (Å²) in [6.07, 6.45) is 1.57. The number of H-pyrrole nitrogens is 1. The Balaban J connectivity index is 3.04. The first kappa shape index (κ1) is 9.40. The van der Waals surface area contributed by atoms with E-state index < -0.39 is 0 Å². The lowest BCUT2D eigenvalue weighted by atomic mass is 10.1. The van der Waals surface area contributed by atoms with Crippen LogP contribution in [-0.2, 0) is 0 Å². The average molecular weight is 198 g/mol. The van der Waals surface area contributed by atoms with Gasteiger partial charge in [-0.2, -0.15) is 0 Å². The van der Waals surface area contributed by atoms with E-state index in [9.17, 15) is 4.79 Å². The number of pyridine rings is 1. The van der Waals surface area contributed by atoms with E-state index in [1.807, 2.05) is 18.2 Å². The van der Waals surface area contributed by atoms with E-state index >= 15 is 0 Å². The van der Waals surface area contributed by atoms with Crippen molar-refractivity contribution in [1.82, 2.24) is 4.98 Å². The van der Waals surface area contributed by atoms with Gasteiger partial charge in [-0.05, 0) is 18.9 Å². The molecule has 0 spiro atoms. The maximum Gasteiger partial charge on any atom is 0.256 e. The fraction of sp³-hybridized carbons (Fsp3) is 0. The highest BCUT2D eigenvalue weighted by atomic mass is 16.1. The number of aromatic nitrogens is 1. The van der Waals surface area contributed by atoms with Crippen molar-refractivity contribution in [2.24, 2.45) is 4.99 Å². The summed E-state index contributed by atoms with van der Waals surface area (Å²) in [5.41, 5.74) is 1.14. The molecule has 0 aliphatic heterocycles. The molecule has 0 fully saturated rings. The second-order valence-electron chi connectivity index (χ2n) is 3.12. The van der Waals surface area contributed by atoms with Gasteiger partial charge in [0.2, 0.25) is 0 Å². The van der Waals surface area contributed by atoms with Crippen LogP contribution in [0.15, 0.2) is 40.6 Å². The molecule has 1 aromatic heterocycles. The molecular weight excluding hydrogens is 188 g/mol. The number of nitrogens with one attached hydrogen (secondary N) is 1. The lowest BCUT2D eigenvalue weighted by Crippen LogP contribution is -2.07. The molecule has 0 amide bonds. The SMILES string of the molecule is C=Cc1[nH]c(=O)c2ccccc2c1N=C. The summed E-state index contributed by atoms with van der Waals surface area (Å²) >= 11 is 0. The molecule has 3 heteroatoms. The second-order valence-corrected chi connectivity index (χ2v) is 3.12. The van der Waals surface area contributed by atoms with Crippen molar-refractivity contribution in [2.45, 2.75) is 0 Å². The van der Waals surface area contributed by atoms with E-state index in [2.05, 4.69) is 23.3 Å².